The third-order valence-corrected chi connectivity index (χ3v) is 7.23. The summed E-state index contributed by atoms with van der Waals surface area (Å²) < 4.78 is 0. The van der Waals surface area contributed by atoms with Crippen LogP contribution in [0.25, 0.3) is 55.0 Å². The Morgan fingerprint density at radius 2 is 1.76 bits per heavy atom. The first-order valence-corrected chi connectivity index (χ1v) is 12.8. The summed E-state index contributed by atoms with van der Waals surface area (Å²) in [5.74, 6) is -0.194. The second-order valence-electron chi connectivity index (χ2n) is 8.76. The second kappa shape index (κ2) is 9.06. The van der Waals surface area contributed by atoms with Gasteiger partial charge in [0.25, 0.3) is 5.91 Å². The molecule has 8 nitrogen and oxygen atoms in total. The van der Waals surface area contributed by atoms with Gasteiger partial charge in [0.1, 0.15) is 11.2 Å². The fourth-order valence-corrected chi connectivity index (χ4v) is 5.25. The number of hydrogen-bond donors (Lipinski definition) is 3. The van der Waals surface area contributed by atoms with E-state index in [0.29, 0.717) is 11.3 Å². The molecule has 182 valence electrons. The number of H-pyrrole nitrogens is 2. The van der Waals surface area contributed by atoms with E-state index >= 15 is 0 Å². The zero-order valence-corrected chi connectivity index (χ0v) is 20.7. The van der Waals surface area contributed by atoms with Crippen LogP contribution in [0.15, 0.2) is 96.9 Å². The highest BCUT2D eigenvalue weighted by atomic mass is 32.1. The molecule has 3 N–H and O–H groups in total. The van der Waals surface area contributed by atoms with E-state index in [1.54, 1.807) is 35.9 Å². The maximum atomic E-state index is 12.6. The third-order valence-electron chi connectivity index (χ3n) is 6.32. The van der Waals surface area contributed by atoms with Crippen LogP contribution < -0.4 is 5.32 Å². The standard InChI is InChI=1S/C29H19N7OS/c37-29(17-5-2-1-3-6-17)32-19-11-18(13-30-14-19)22-8-9-23-27(34-22)28(36-35-23)24-12-20-21(26-7-4-10-38-26)15-31-16-25(20)33-24/h1-16,33H,(H,32,37)(H,35,36). The molecule has 7 aromatic rings. The van der Waals surface area contributed by atoms with Crippen LogP contribution in [0.3, 0.4) is 0 Å². The van der Waals surface area contributed by atoms with Gasteiger partial charge in [-0.2, -0.15) is 5.10 Å². The number of hydrogen-bond acceptors (Lipinski definition) is 6. The minimum atomic E-state index is -0.194. The van der Waals surface area contributed by atoms with Crippen LogP contribution in [0.5, 0.6) is 0 Å². The van der Waals surface area contributed by atoms with Crippen LogP contribution in [0, 0.1) is 0 Å². The van der Waals surface area contributed by atoms with Crippen molar-refractivity contribution in [1.82, 2.24) is 30.1 Å². The van der Waals surface area contributed by atoms with Crippen molar-refractivity contribution in [2.45, 2.75) is 0 Å². The summed E-state index contributed by atoms with van der Waals surface area (Å²) in [4.78, 5) is 30.9. The number of amides is 1. The Hall–Kier alpha value is -5.15. The van der Waals surface area contributed by atoms with Gasteiger partial charge in [-0.25, -0.2) is 4.98 Å². The zero-order valence-electron chi connectivity index (χ0n) is 19.8. The predicted molar refractivity (Wildman–Crippen MR) is 150 cm³/mol. The molecule has 6 heterocycles. The lowest BCUT2D eigenvalue weighted by Crippen LogP contribution is -2.11. The van der Waals surface area contributed by atoms with E-state index in [0.717, 1.165) is 55.0 Å². The first kappa shape index (κ1) is 22.1. The Balaban J connectivity index is 1.25. The molecular formula is C29H19N7OS. The fraction of sp³-hybridized carbons (Fsp3) is 0. The van der Waals surface area contributed by atoms with Crippen LogP contribution in [0.2, 0.25) is 0 Å². The van der Waals surface area contributed by atoms with E-state index in [1.807, 2.05) is 54.9 Å². The van der Waals surface area contributed by atoms with E-state index in [1.165, 1.54) is 0 Å². The van der Waals surface area contributed by atoms with Crippen molar-refractivity contribution < 1.29 is 4.79 Å². The number of nitrogens with one attached hydrogen (secondary N) is 3. The Bertz CT molecular complexity index is 1920. The number of benzene rings is 1. The Morgan fingerprint density at radius 1 is 0.868 bits per heavy atom. The average molecular weight is 514 g/mol. The number of aromatic nitrogens is 6. The number of pyridine rings is 3. The summed E-state index contributed by atoms with van der Waals surface area (Å²) in [6.45, 7) is 0. The number of thiophene rings is 1. The molecule has 1 amide bonds. The molecule has 0 aliphatic heterocycles. The van der Waals surface area contributed by atoms with Crippen LogP contribution in [-0.4, -0.2) is 36.0 Å². The number of rotatable bonds is 5. The summed E-state index contributed by atoms with van der Waals surface area (Å²) in [7, 11) is 0. The Labute approximate surface area is 220 Å². The molecule has 38 heavy (non-hydrogen) atoms. The Kier molecular flexibility index (Phi) is 5.26. The van der Waals surface area contributed by atoms with Crippen molar-refractivity contribution in [3.63, 3.8) is 0 Å². The SMILES string of the molecule is O=C(Nc1cncc(-c2ccc3[nH]nc(-c4cc5c(-c6cccs6)cncc5[nH]4)c3n2)c1)c1ccccc1. The molecule has 0 aliphatic carbocycles. The molecule has 7 rings (SSSR count). The number of fused-ring (bicyclic) bond motifs is 2. The quantitative estimate of drug-likeness (QED) is 0.242. The van der Waals surface area contributed by atoms with Gasteiger partial charge in [-0.3, -0.25) is 19.9 Å². The van der Waals surface area contributed by atoms with Crippen molar-refractivity contribution in [3.8, 4) is 33.1 Å². The highest BCUT2D eigenvalue weighted by Gasteiger charge is 2.16. The lowest BCUT2D eigenvalue weighted by Gasteiger charge is -2.07. The first-order valence-electron chi connectivity index (χ1n) is 11.9. The molecule has 1 aromatic carbocycles. The van der Waals surface area contributed by atoms with E-state index in [9.17, 15) is 4.79 Å². The normalized spacial score (nSPS) is 11.3. The lowest BCUT2D eigenvalue weighted by molar-refractivity contribution is 0.102. The van der Waals surface area contributed by atoms with Crippen LogP contribution in [0.4, 0.5) is 5.69 Å². The van der Waals surface area contributed by atoms with Gasteiger partial charge in [0.05, 0.1) is 40.5 Å². The van der Waals surface area contributed by atoms with Gasteiger partial charge in [-0.1, -0.05) is 24.3 Å². The van der Waals surface area contributed by atoms with Gasteiger partial charge in [0.15, 0.2) is 0 Å². The summed E-state index contributed by atoms with van der Waals surface area (Å²) in [6.07, 6.45) is 7.07. The summed E-state index contributed by atoms with van der Waals surface area (Å²) in [5, 5.41) is 13.7. The maximum Gasteiger partial charge on any atom is 0.255 e. The zero-order chi connectivity index (χ0) is 25.5. The molecule has 9 heteroatoms. The molecule has 0 unspecified atom stereocenters. The predicted octanol–water partition coefficient (Wildman–Crippen LogP) is 6.54. The van der Waals surface area contributed by atoms with Gasteiger partial charge >= 0.3 is 0 Å². The second-order valence-corrected chi connectivity index (χ2v) is 9.70. The molecule has 0 bridgehead atoms. The highest BCUT2D eigenvalue weighted by Crippen LogP contribution is 2.35. The number of aromatic amines is 2. The van der Waals surface area contributed by atoms with Crippen LogP contribution >= 0.6 is 11.3 Å². The van der Waals surface area contributed by atoms with Gasteiger partial charge in [0, 0.05) is 39.3 Å². The molecule has 0 spiro atoms. The van der Waals surface area contributed by atoms with Crippen molar-refractivity contribution in [1.29, 1.82) is 0 Å². The molecule has 0 aliphatic rings. The molecule has 0 saturated carbocycles. The van der Waals surface area contributed by atoms with Crippen molar-refractivity contribution in [2.24, 2.45) is 0 Å². The largest absolute Gasteiger partial charge is 0.352 e. The highest BCUT2D eigenvalue weighted by molar-refractivity contribution is 7.13. The van der Waals surface area contributed by atoms with E-state index in [-0.39, 0.29) is 5.91 Å². The van der Waals surface area contributed by atoms with Crippen LogP contribution in [0.1, 0.15) is 10.4 Å². The number of carbonyl (C=O) groups is 1. The van der Waals surface area contributed by atoms with Crippen LogP contribution in [-0.2, 0) is 0 Å². The summed E-state index contributed by atoms with van der Waals surface area (Å²) >= 11 is 1.68. The van der Waals surface area contributed by atoms with Crippen molar-refractivity contribution >= 4 is 44.9 Å². The average Bonchev–Trinajstić information content (AvgIpc) is 3.73. The van der Waals surface area contributed by atoms with Crippen molar-refractivity contribution in [3.05, 3.63) is 102 Å². The monoisotopic (exact) mass is 513 g/mol. The number of carbonyl (C=O) groups excluding carboxylic acids is 1. The van der Waals surface area contributed by atoms with Crippen molar-refractivity contribution in [2.75, 3.05) is 5.32 Å². The maximum absolute atomic E-state index is 12.6. The molecule has 0 radical (unpaired) electrons. The topological polar surface area (TPSA) is 112 Å². The van der Waals surface area contributed by atoms with Gasteiger partial charge < -0.3 is 10.3 Å². The molecular weight excluding hydrogens is 494 g/mol. The summed E-state index contributed by atoms with van der Waals surface area (Å²) in [6, 6.07) is 21.0. The first-order chi connectivity index (χ1) is 18.7. The number of anilines is 1. The molecule has 0 fully saturated rings. The third kappa shape index (κ3) is 3.91. The molecule has 6 aromatic heterocycles. The van der Waals surface area contributed by atoms with Gasteiger partial charge in [0.2, 0.25) is 0 Å². The van der Waals surface area contributed by atoms with Gasteiger partial charge in [-0.15, -0.1) is 11.3 Å². The van der Waals surface area contributed by atoms with E-state index < -0.39 is 0 Å². The smallest absolute Gasteiger partial charge is 0.255 e. The summed E-state index contributed by atoms with van der Waals surface area (Å²) in [5.41, 5.74) is 7.81. The molecule has 0 saturated heterocycles. The lowest BCUT2D eigenvalue weighted by atomic mass is 10.1. The molecule has 0 atom stereocenters. The van der Waals surface area contributed by atoms with Gasteiger partial charge in [-0.05, 0) is 47.8 Å². The minimum absolute atomic E-state index is 0.194. The van der Waals surface area contributed by atoms with E-state index in [2.05, 4.69) is 48.0 Å². The minimum Gasteiger partial charge on any atom is -0.352 e. The van der Waals surface area contributed by atoms with E-state index in [4.69, 9.17) is 4.98 Å². The number of nitrogens with zero attached hydrogens (tertiary/aromatic N) is 4. The Morgan fingerprint density at radius 3 is 2.63 bits per heavy atom. The fourth-order valence-electron chi connectivity index (χ4n) is 4.50.